The highest BCUT2D eigenvalue weighted by atomic mass is 16.6. The minimum atomic E-state index is -1.49. The second kappa shape index (κ2) is 8.81. The number of aromatic nitrogens is 2. The fraction of sp³-hybridized carbons (Fsp3) is 0.360. The Morgan fingerprint density at radius 1 is 1.26 bits per heavy atom. The van der Waals surface area contributed by atoms with Crippen molar-refractivity contribution in [1.29, 1.82) is 0 Å². The summed E-state index contributed by atoms with van der Waals surface area (Å²) in [6, 6.07) is 7.93. The van der Waals surface area contributed by atoms with Gasteiger partial charge in [-0.05, 0) is 61.4 Å². The predicted octanol–water partition coefficient (Wildman–Crippen LogP) is 3.80. The Labute approximate surface area is 197 Å². The molecule has 1 atom stereocenters. The number of amidine groups is 1. The second-order valence-electron chi connectivity index (χ2n) is 8.30. The average Bonchev–Trinajstić information content (AvgIpc) is 3.60. The van der Waals surface area contributed by atoms with Crippen LogP contribution in [0.5, 0.6) is 5.88 Å². The second-order valence-corrected chi connectivity index (χ2v) is 8.30. The topological polar surface area (TPSA) is 108 Å². The van der Waals surface area contributed by atoms with Crippen molar-refractivity contribution in [2.24, 2.45) is 4.99 Å². The van der Waals surface area contributed by atoms with E-state index < -0.39 is 11.6 Å². The van der Waals surface area contributed by atoms with Gasteiger partial charge in [0.1, 0.15) is 18.5 Å². The molecule has 176 valence electrons. The van der Waals surface area contributed by atoms with Gasteiger partial charge >= 0.3 is 5.97 Å². The Balaban J connectivity index is 1.54. The summed E-state index contributed by atoms with van der Waals surface area (Å²) in [6.45, 7) is 4.08. The zero-order chi connectivity index (χ0) is 23.7. The molecule has 34 heavy (non-hydrogen) atoms. The highest BCUT2D eigenvalue weighted by Crippen LogP contribution is 2.42. The van der Waals surface area contributed by atoms with Crippen molar-refractivity contribution in [2.75, 3.05) is 25.6 Å². The SMILES string of the molecule is CCOC(=O)C1(c2ccon2)CN=C(Nc2c3c(cc(C)c2-c2ccnc(OC)c2)CCC3)O1. The number of esters is 1. The lowest BCUT2D eigenvalue weighted by molar-refractivity contribution is -0.162. The summed E-state index contributed by atoms with van der Waals surface area (Å²) in [5, 5.41) is 7.35. The molecule has 1 aliphatic carbocycles. The van der Waals surface area contributed by atoms with Crippen molar-refractivity contribution < 1.29 is 23.5 Å². The average molecular weight is 463 g/mol. The van der Waals surface area contributed by atoms with Crippen LogP contribution in [-0.2, 0) is 32.7 Å². The van der Waals surface area contributed by atoms with Gasteiger partial charge in [-0.3, -0.25) is 0 Å². The fourth-order valence-electron chi connectivity index (χ4n) is 4.68. The number of fused-ring (bicyclic) bond motifs is 1. The monoisotopic (exact) mass is 462 g/mol. The molecule has 1 N–H and O–H groups in total. The van der Waals surface area contributed by atoms with Crippen LogP contribution >= 0.6 is 0 Å². The normalized spacial score (nSPS) is 18.7. The summed E-state index contributed by atoms with van der Waals surface area (Å²) in [5.41, 5.74) is 5.37. The molecule has 1 aromatic carbocycles. The Kier molecular flexibility index (Phi) is 5.69. The molecule has 3 aromatic rings. The molecule has 9 nitrogen and oxygen atoms in total. The molecule has 2 aromatic heterocycles. The van der Waals surface area contributed by atoms with Crippen LogP contribution in [-0.4, -0.2) is 42.4 Å². The summed E-state index contributed by atoms with van der Waals surface area (Å²) in [4.78, 5) is 21.7. The molecule has 0 amide bonds. The van der Waals surface area contributed by atoms with E-state index in [0.29, 0.717) is 11.6 Å². The Morgan fingerprint density at radius 2 is 2.15 bits per heavy atom. The van der Waals surface area contributed by atoms with Crippen LogP contribution < -0.4 is 10.1 Å². The maximum Gasteiger partial charge on any atom is 0.359 e. The van der Waals surface area contributed by atoms with Gasteiger partial charge in [0.25, 0.3) is 11.6 Å². The molecule has 0 saturated carbocycles. The number of nitrogens with zero attached hydrogens (tertiary/aromatic N) is 3. The molecule has 9 heteroatoms. The number of benzene rings is 1. The van der Waals surface area contributed by atoms with Crippen molar-refractivity contribution >= 4 is 17.7 Å². The van der Waals surface area contributed by atoms with Crippen LogP contribution in [0.4, 0.5) is 5.69 Å². The molecule has 2 aliphatic rings. The van der Waals surface area contributed by atoms with E-state index in [0.717, 1.165) is 41.6 Å². The molecule has 0 bridgehead atoms. The van der Waals surface area contributed by atoms with E-state index >= 15 is 0 Å². The van der Waals surface area contributed by atoms with Gasteiger partial charge in [-0.1, -0.05) is 11.2 Å². The van der Waals surface area contributed by atoms with Crippen molar-refractivity contribution in [1.82, 2.24) is 10.1 Å². The Hall–Kier alpha value is -3.88. The fourth-order valence-corrected chi connectivity index (χ4v) is 4.68. The number of rotatable bonds is 6. The number of hydrogen-bond acceptors (Lipinski definition) is 9. The predicted molar refractivity (Wildman–Crippen MR) is 125 cm³/mol. The largest absolute Gasteiger partial charge is 0.481 e. The van der Waals surface area contributed by atoms with E-state index in [9.17, 15) is 4.79 Å². The van der Waals surface area contributed by atoms with E-state index in [-0.39, 0.29) is 19.2 Å². The highest BCUT2D eigenvalue weighted by Gasteiger charge is 2.51. The smallest absolute Gasteiger partial charge is 0.359 e. The van der Waals surface area contributed by atoms with Gasteiger partial charge in [0.05, 0.1) is 19.4 Å². The quantitative estimate of drug-likeness (QED) is 0.551. The number of methoxy groups -OCH3 is 1. The number of aryl methyl sites for hydroxylation is 2. The van der Waals surface area contributed by atoms with E-state index in [2.05, 4.69) is 33.4 Å². The number of carbonyl (C=O) groups is 1. The molecule has 0 spiro atoms. The first-order valence-corrected chi connectivity index (χ1v) is 11.3. The molecule has 1 unspecified atom stereocenters. The minimum Gasteiger partial charge on any atom is -0.481 e. The van der Waals surface area contributed by atoms with Crippen molar-refractivity contribution in [2.45, 2.75) is 38.7 Å². The van der Waals surface area contributed by atoms with E-state index in [4.69, 9.17) is 18.7 Å². The third-order valence-electron chi connectivity index (χ3n) is 6.23. The van der Waals surface area contributed by atoms with Gasteiger partial charge in [-0.25, -0.2) is 14.8 Å². The summed E-state index contributed by atoms with van der Waals surface area (Å²) in [5.74, 6) is -0.0248. The Morgan fingerprint density at radius 3 is 2.91 bits per heavy atom. The first-order valence-electron chi connectivity index (χ1n) is 11.3. The van der Waals surface area contributed by atoms with Crippen LogP contribution in [0.15, 0.2) is 46.2 Å². The van der Waals surface area contributed by atoms with Crippen LogP contribution in [0.3, 0.4) is 0 Å². The maximum absolute atomic E-state index is 12.9. The Bertz CT molecular complexity index is 1250. The molecule has 3 heterocycles. The minimum absolute atomic E-state index is 0.0348. The van der Waals surface area contributed by atoms with Gasteiger partial charge in [0.15, 0.2) is 0 Å². The van der Waals surface area contributed by atoms with Crippen LogP contribution in [0.1, 0.15) is 35.7 Å². The molecular weight excluding hydrogens is 436 g/mol. The highest BCUT2D eigenvalue weighted by molar-refractivity contribution is 6.00. The van der Waals surface area contributed by atoms with Gasteiger partial charge < -0.3 is 24.1 Å². The van der Waals surface area contributed by atoms with E-state index in [1.54, 1.807) is 26.3 Å². The maximum atomic E-state index is 12.9. The van der Waals surface area contributed by atoms with Gasteiger partial charge in [0.2, 0.25) is 5.88 Å². The van der Waals surface area contributed by atoms with Crippen molar-refractivity contribution in [3.05, 3.63) is 59.1 Å². The molecular formula is C25H26N4O5. The van der Waals surface area contributed by atoms with Crippen LogP contribution in [0, 0.1) is 6.92 Å². The van der Waals surface area contributed by atoms with Crippen molar-refractivity contribution in [3.63, 3.8) is 0 Å². The first kappa shape index (κ1) is 21.9. The zero-order valence-corrected chi connectivity index (χ0v) is 19.4. The van der Waals surface area contributed by atoms with Crippen molar-refractivity contribution in [3.8, 4) is 17.0 Å². The van der Waals surface area contributed by atoms with Crippen LogP contribution in [0.25, 0.3) is 11.1 Å². The van der Waals surface area contributed by atoms with Crippen LogP contribution in [0.2, 0.25) is 0 Å². The van der Waals surface area contributed by atoms with E-state index in [1.807, 2.05) is 12.1 Å². The lowest BCUT2D eigenvalue weighted by atomic mass is 9.93. The molecule has 0 radical (unpaired) electrons. The molecule has 1 aliphatic heterocycles. The van der Waals surface area contributed by atoms with E-state index in [1.165, 1.54) is 17.4 Å². The number of ether oxygens (including phenoxy) is 3. The summed E-state index contributed by atoms with van der Waals surface area (Å²) >= 11 is 0. The molecule has 0 fully saturated rings. The van der Waals surface area contributed by atoms with Gasteiger partial charge in [0, 0.05) is 23.9 Å². The summed E-state index contributed by atoms with van der Waals surface area (Å²) in [7, 11) is 1.60. The van der Waals surface area contributed by atoms with Gasteiger partial charge in [-0.15, -0.1) is 0 Å². The third kappa shape index (κ3) is 3.67. The number of aliphatic imine (C=N–C) groups is 1. The third-order valence-corrected chi connectivity index (χ3v) is 6.23. The molecule has 0 saturated heterocycles. The number of nitrogens with one attached hydrogen (secondary N) is 1. The zero-order valence-electron chi connectivity index (χ0n) is 19.4. The lowest BCUT2D eigenvalue weighted by Gasteiger charge is -2.24. The first-order chi connectivity index (χ1) is 16.6. The number of carbonyl (C=O) groups excluding carboxylic acids is 1. The number of anilines is 1. The number of pyridine rings is 1. The number of hydrogen-bond donors (Lipinski definition) is 1. The summed E-state index contributed by atoms with van der Waals surface area (Å²) < 4.78 is 21.8. The summed E-state index contributed by atoms with van der Waals surface area (Å²) in [6.07, 6.45) is 6.15. The molecule has 5 rings (SSSR count). The standard InChI is InChI=1S/C25H26N4O5/c1-4-32-23(30)25(19-9-11-33-29-19)14-27-24(34-25)28-22-18-7-5-6-16(18)12-15(2)21(22)17-8-10-26-20(13-17)31-3/h8-13H,4-7,14H2,1-3H3,(H,27,28). The lowest BCUT2D eigenvalue weighted by Crippen LogP contribution is -2.42. The van der Waals surface area contributed by atoms with Gasteiger partial charge in [-0.2, -0.15) is 0 Å².